The van der Waals surface area contributed by atoms with Crippen LogP contribution in [0.4, 0.5) is 4.39 Å². The van der Waals surface area contributed by atoms with Gasteiger partial charge >= 0.3 is 0 Å². The van der Waals surface area contributed by atoms with Gasteiger partial charge in [0.15, 0.2) is 4.96 Å². The summed E-state index contributed by atoms with van der Waals surface area (Å²) in [5.74, 6) is -0.218. The smallest absolute Gasteiger partial charge is 0.193 e. The van der Waals surface area contributed by atoms with E-state index in [0.29, 0.717) is 12.0 Å². The fourth-order valence-corrected chi connectivity index (χ4v) is 3.01. The van der Waals surface area contributed by atoms with Gasteiger partial charge in [0.25, 0.3) is 0 Å². The van der Waals surface area contributed by atoms with Crippen LogP contribution >= 0.6 is 11.3 Å². The van der Waals surface area contributed by atoms with E-state index in [1.807, 2.05) is 35.2 Å². The molecule has 0 aliphatic rings. The van der Waals surface area contributed by atoms with Crippen LogP contribution in [0.3, 0.4) is 0 Å². The molecule has 3 nitrogen and oxygen atoms in total. The van der Waals surface area contributed by atoms with Gasteiger partial charge in [-0.15, -0.1) is 11.3 Å². The van der Waals surface area contributed by atoms with Crippen LogP contribution in [0.25, 0.3) is 4.96 Å². The van der Waals surface area contributed by atoms with Gasteiger partial charge in [-0.05, 0) is 31.0 Å². The molecular formula is C15H16FN3S. The van der Waals surface area contributed by atoms with Crippen molar-refractivity contribution in [2.24, 2.45) is 5.73 Å². The Morgan fingerprint density at radius 3 is 2.95 bits per heavy atom. The lowest BCUT2D eigenvalue weighted by molar-refractivity contribution is 0.481. The van der Waals surface area contributed by atoms with Crippen molar-refractivity contribution in [3.8, 4) is 0 Å². The summed E-state index contributed by atoms with van der Waals surface area (Å²) < 4.78 is 15.7. The van der Waals surface area contributed by atoms with E-state index < -0.39 is 5.54 Å². The average Bonchev–Trinajstić information content (AvgIpc) is 2.92. The molecule has 2 heterocycles. The molecule has 1 aromatic carbocycles. The van der Waals surface area contributed by atoms with E-state index in [-0.39, 0.29) is 5.82 Å². The van der Waals surface area contributed by atoms with Crippen molar-refractivity contribution in [2.45, 2.75) is 25.8 Å². The normalized spacial score (nSPS) is 14.6. The maximum Gasteiger partial charge on any atom is 0.193 e. The van der Waals surface area contributed by atoms with Crippen molar-refractivity contribution in [1.29, 1.82) is 0 Å². The predicted octanol–water partition coefficient (Wildman–Crippen LogP) is 3.26. The maximum absolute atomic E-state index is 13.7. The Hall–Kier alpha value is -1.72. The second-order valence-corrected chi connectivity index (χ2v) is 6.26. The molecule has 3 aromatic rings. The fraction of sp³-hybridized carbons (Fsp3) is 0.267. The van der Waals surface area contributed by atoms with Gasteiger partial charge < -0.3 is 5.73 Å². The number of imidazole rings is 1. The zero-order valence-electron chi connectivity index (χ0n) is 11.4. The fourth-order valence-electron chi connectivity index (χ4n) is 2.29. The molecule has 0 spiro atoms. The maximum atomic E-state index is 13.7. The first-order valence-corrected chi connectivity index (χ1v) is 7.30. The van der Waals surface area contributed by atoms with E-state index in [1.165, 1.54) is 6.07 Å². The highest BCUT2D eigenvalue weighted by Gasteiger charge is 2.24. The lowest BCUT2D eigenvalue weighted by Crippen LogP contribution is -2.35. The largest absolute Gasteiger partial charge is 0.321 e. The summed E-state index contributed by atoms with van der Waals surface area (Å²) in [6, 6.07) is 5.17. The van der Waals surface area contributed by atoms with Gasteiger partial charge in [-0.2, -0.15) is 0 Å². The number of thiazole rings is 1. The Labute approximate surface area is 120 Å². The molecule has 20 heavy (non-hydrogen) atoms. The summed E-state index contributed by atoms with van der Waals surface area (Å²) in [4.78, 5) is 5.48. The first-order valence-electron chi connectivity index (χ1n) is 6.42. The summed E-state index contributed by atoms with van der Waals surface area (Å²) in [6.07, 6.45) is 4.52. The van der Waals surface area contributed by atoms with Crippen molar-refractivity contribution in [3.63, 3.8) is 0 Å². The first-order chi connectivity index (χ1) is 9.45. The summed E-state index contributed by atoms with van der Waals surface area (Å²) in [7, 11) is 0. The molecule has 0 saturated heterocycles. The molecule has 0 aliphatic carbocycles. The number of nitrogens with two attached hydrogens (primary N) is 1. The van der Waals surface area contributed by atoms with E-state index in [1.54, 1.807) is 24.3 Å². The van der Waals surface area contributed by atoms with E-state index in [4.69, 9.17) is 5.73 Å². The Bertz CT molecular complexity index is 729. The van der Waals surface area contributed by atoms with Crippen LogP contribution in [-0.2, 0) is 12.0 Å². The molecule has 104 valence electrons. The summed E-state index contributed by atoms with van der Waals surface area (Å²) in [5.41, 5.74) is 8.07. The van der Waals surface area contributed by atoms with Gasteiger partial charge in [-0.3, -0.25) is 4.40 Å². The highest BCUT2D eigenvalue weighted by Crippen LogP contribution is 2.25. The molecule has 5 heteroatoms. The number of aromatic nitrogens is 2. The van der Waals surface area contributed by atoms with Crippen LogP contribution in [0, 0.1) is 12.7 Å². The third-order valence-corrected chi connectivity index (χ3v) is 4.29. The number of fused-ring (bicyclic) bond motifs is 1. The minimum atomic E-state index is -0.640. The number of nitrogens with zero attached hydrogens (tertiary/aromatic N) is 2. The zero-order valence-corrected chi connectivity index (χ0v) is 12.2. The number of hydrogen-bond donors (Lipinski definition) is 1. The molecule has 0 fully saturated rings. The third-order valence-electron chi connectivity index (χ3n) is 3.52. The molecule has 0 aliphatic heterocycles. The highest BCUT2D eigenvalue weighted by atomic mass is 32.1. The summed E-state index contributed by atoms with van der Waals surface area (Å²) in [5, 5.41) is 1.99. The highest BCUT2D eigenvalue weighted by molar-refractivity contribution is 7.15. The van der Waals surface area contributed by atoms with Gasteiger partial charge in [-0.25, -0.2) is 9.37 Å². The third kappa shape index (κ3) is 2.34. The van der Waals surface area contributed by atoms with Gasteiger partial charge in [0.05, 0.1) is 5.69 Å². The summed E-state index contributed by atoms with van der Waals surface area (Å²) in [6.45, 7) is 3.65. The molecule has 0 saturated carbocycles. The molecule has 2 N–H and O–H groups in total. The van der Waals surface area contributed by atoms with Crippen molar-refractivity contribution in [1.82, 2.24) is 9.38 Å². The molecule has 0 amide bonds. The molecule has 0 bridgehead atoms. The quantitative estimate of drug-likeness (QED) is 0.804. The monoisotopic (exact) mass is 289 g/mol. The Morgan fingerprint density at radius 2 is 2.25 bits per heavy atom. The number of aryl methyl sites for hydroxylation is 1. The minimum absolute atomic E-state index is 0.218. The molecule has 2 aromatic heterocycles. The van der Waals surface area contributed by atoms with E-state index in [0.717, 1.165) is 16.2 Å². The van der Waals surface area contributed by atoms with E-state index >= 15 is 0 Å². The van der Waals surface area contributed by atoms with Crippen molar-refractivity contribution < 1.29 is 4.39 Å². The second kappa shape index (κ2) is 4.68. The van der Waals surface area contributed by atoms with Gasteiger partial charge in [0, 0.05) is 29.7 Å². The predicted molar refractivity (Wildman–Crippen MR) is 79.4 cm³/mol. The average molecular weight is 289 g/mol. The standard InChI is InChI=1S/C15H16FN3S/c1-10-3-4-11(7-13(10)16)15(2,17)8-12-9-19-5-6-20-14(19)18-12/h3-7,9H,8,17H2,1-2H3. The van der Waals surface area contributed by atoms with Crippen molar-refractivity contribution in [2.75, 3.05) is 0 Å². The lowest BCUT2D eigenvalue weighted by Gasteiger charge is -2.24. The van der Waals surface area contributed by atoms with Gasteiger partial charge in [0.2, 0.25) is 0 Å². The zero-order chi connectivity index (χ0) is 14.3. The number of halogens is 1. The van der Waals surface area contributed by atoms with Crippen molar-refractivity contribution >= 4 is 16.3 Å². The van der Waals surface area contributed by atoms with Crippen LogP contribution in [0.15, 0.2) is 36.0 Å². The SMILES string of the molecule is Cc1ccc(C(C)(N)Cc2cn3ccsc3n2)cc1F. The number of rotatable bonds is 3. The van der Waals surface area contributed by atoms with Crippen LogP contribution in [-0.4, -0.2) is 9.38 Å². The Morgan fingerprint density at radius 1 is 1.45 bits per heavy atom. The van der Waals surface area contributed by atoms with Crippen LogP contribution in [0.2, 0.25) is 0 Å². The Kier molecular flexibility index (Phi) is 3.11. The molecule has 3 rings (SSSR count). The van der Waals surface area contributed by atoms with Gasteiger partial charge in [-0.1, -0.05) is 12.1 Å². The number of benzene rings is 1. The summed E-state index contributed by atoms with van der Waals surface area (Å²) >= 11 is 1.59. The van der Waals surface area contributed by atoms with E-state index in [9.17, 15) is 4.39 Å². The van der Waals surface area contributed by atoms with E-state index in [2.05, 4.69) is 4.98 Å². The van der Waals surface area contributed by atoms with Gasteiger partial charge in [0.1, 0.15) is 5.82 Å². The molecular weight excluding hydrogens is 273 g/mol. The minimum Gasteiger partial charge on any atom is -0.321 e. The van der Waals surface area contributed by atoms with Crippen LogP contribution in [0.5, 0.6) is 0 Å². The second-order valence-electron chi connectivity index (χ2n) is 5.38. The molecule has 0 radical (unpaired) electrons. The topological polar surface area (TPSA) is 43.3 Å². The number of hydrogen-bond acceptors (Lipinski definition) is 3. The van der Waals surface area contributed by atoms with Crippen molar-refractivity contribution in [3.05, 3.63) is 58.6 Å². The Balaban J connectivity index is 1.90. The first kappa shape index (κ1) is 13.3. The lowest BCUT2D eigenvalue weighted by atomic mass is 9.88. The van der Waals surface area contributed by atoms with Crippen LogP contribution < -0.4 is 5.73 Å². The molecule has 1 unspecified atom stereocenters. The van der Waals surface area contributed by atoms with Crippen LogP contribution in [0.1, 0.15) is 23.7 Å². The molecule has 1 atom stereocenters.